The van der Waals surface area contributed by atoms with Crippen LogP contribution in [-0.2, 0) is 32.0 Å². The summed E-state index contributed by atoms with van der Waals surface area (Å²) in [4.78, 5) is 59.7. The monoisotopic (exact) mass is 502 g/mol. The van der Waals surface area contributed by atoms with E-state index in [1.54, 1.807) is 12.1 Å². The van der Waals surface area contributed by atoms with Crippen LogP contribution in [0, 0.1) is 0 Å². The van der Waals surface area contributed by atoms with Gasteiger partial charge in [-0.1, -0.05) is 24.3 Å². The molecule has 0 heterocycles. The summed E-state index contributed by atoms with van der Waals surface area (Å²) in [6.07, 6.45) is 1.63. The highest BCUT2D eigenvalue weighted by molar-refractivity contribution is 5.44. The lowest BCUT2D eigenvalue weighted by molar-refractivity contribution is -0.0509. The van der Waals surface area contributed by atoms with Gasteiger partial charge < -0.3 is 20.4 Å². The number of carbonyl (C=O) groups excluding carboxylic acids is 4. The highest BCUT2D eigenvalue weighted by Crippen LogP contribution is 2.39. The molecule has 4 N–H and O–H groups in total. The van der Waals surface area contributed by atoms with Crippen LogP contribution in [0.4, 0.5) is 0 Å². The minimum atomic E-state index is -2.16. The first-order chi connectivity index (χ1) is 16.7. The van der Waals surface area contributed by atoms with Crippen LogP contribution in [0.25, 0.3) is 0 Å². The lowest BCUT2D eigenvalue weighted by Gasteiger charge is -2.40. The molecule has 0 bridgehead atoms. The lowest BCUT2D eigenvalue weighted by Crippen LogP contribution is -2.53. The normalized spacial score (nSPS) is 19.1. The van der Waals surface area contributed by atoms with Gasteiger partial charge in [0.15, 0.2) is 0 Å². The first-order valence-corrected chi connectivity index (χ1v) is 11.0. The van der Waals surface area contributed by atoms with Gasteiger partial charge in [-0.3, -0.25) is 0 Å². The van der Waals surface area contributed by atoms with Gasteiger partial charge >= 0.3 is 0 Å². The van der Waals surface area contributed by atoms with Crippen molar-refractivity contribution in [1.29, 1.82) is 0 Å². The average molecular weight is 503 g/mol. The van der Waals surface area contributed by atoms with Crippen LogP contribution in [0.1, 0.15) is 51.7 Å². The fourth-order valence-corrected chi connectivity index (χ4v) is 4.28. The molecule has 1 aromatic rings. The first-order valence-electron chi connectivity index (χ1n) is 11.0. The van der Waals surface area contributed by atoms with E-state index in [1.807, 2.05) is 0 Å². The van der Waals surface area contributed by atoms with E-state index in [0.717, 1.165) is 0 Å². The van der Waals surface area contributed by atoms with Gasteiger partial charge in [0.05, 0.1) is 12.2 Å². The highest BCUT2D eigenvalue weighted by atomic mass is 16.3. The summed E-state index contributed by atoms with van der Waals surface area (Å²) in [5.74, 6) is 0. The Morgan fingerprint density at radius 1 is 0.694 bits per heavy atom. The Morgan fingerprint density at radius 2 is 0.972 bits per heavy atom. The number of isocyanates is 4. The number of rotatable bonds is 14. The van der Waals surface area contributed by atoms with Gasteiger partial charge in [0, 0.05) is 25.7 Å². The SMILES string of the molecule is CC(O)CC(C)(O)C(Cc1ccccc1CC(N=C=O)(N=C=O)C(C)(O)CC(C)O)(N=C=O)N=C=O. The first kappa shape index (κ1) is 30.6. The Morgan fingerprint density at radius 3 is 1.19 bits per heavy atom. The molecule has 0 aliphatic rings. The minimum absolute atomic E-state index is 0.306. The molecule has 4 unspecified atom stereocenters. The van der Waals surface area contributed by atoms with Gasteiger partial charge in [-0.25, -0.2) is 19.2 Å². The van der Waals surface area contributed by atoms with E-state index >= 15 is 0 Å². The van der Waals surface area contributed by atoms with Crippen LogP contribution >= 0.6 is 0 Å². The van der Waals surface area contributed by atoms with Crippen molar-refractivity contribution in [2.24, 2.45) is 20.0 Å². The van der Waals surface area contributed by atoms with Crippen LogP contribution in [0.3, 0.4) is 0 Å². The van der Waals surface area contributed by atoms with Gasteiger partial charge in [0.25, 0.3) is 0 Å². The smallest absolute Gasteiger partial charge is 0.237 e. The maximum Gasteiger partial charge on any atom is 0.237 e. The second-order valence-corrected chi connectivity index (χ2v) is 9.22. The van der Waals surface area contributed by atoms with E-state index < -0.39 is 47.6 Å². The van der Waals surface area contributed by atoms with Gasteiger partial charge in [-0.2, -0.15) is 20.0 Å². The molecule has 0 amide bonds. The Bertz CT molecular complexity index is 982. The molecule has 0 aromatic heterocycles. The number of hydrogen-bond acceptors (Lipinski definition) is 12. The van der Waals surface area contributed by atoms with E-state index in [9.17, 15) is 39.6 Å². The second-order valence-electron chi connectivity index (χ2n) is 9.22. The molecule has 1 rings (SSSR count). The van der Waals surface area contributed by atoms with Crippen molar-refractivity contribution in [2.45, 2.75) is 88.1 Å². The predicted molar refractivity (Wildman–Crippen MR) is 126 cm³/mol. The molecule has 1 aromatic carbocycles. The predicted octanol–water partition coefficient (Wildman–Crippen LogP) is 0.551. The fraction of sp³-hybridized carbons (Fsp3) is 0.583. The van der Waals surface area contributed by atoms with Crippen molar-refractivity contribution in [3.63, 3.8) is 0 Å². The zero-order chi connectivity index (χ0) is 27.6. The summed E-state index contributed by atoms with van der Waals surface area (Å²) in [5.41, 5.74) is -7.76. The van der Waals surface area contributed by atoms with Crippen molar-refractivity contribution in [3.8, 4) is 0 Å². The van der Waals surface area contributed by atoms with Crippen molar-refractivity contribution >= 4 is 24.3 Å². The molecule has 0 radical (unpaired) electrons. The molecule has 0 spiro atoms. The standard InChI is InChI=1S/C24H30N4O8/c1-17(33)9-21(3,35)23(25-13-29,26-14-30)11-19-7-5-6-8-20(19)12-24(27-15-31,28-16-32)22(4,36)10-18(2)34/h5-8,17-18,33-36H,9-12H2,1-4H3. The van der Waals surface area contributed by atoms with Crippen molar-refractivity contribution in [1.82, 2.24) is 0 Å². The summed E-state index contributed by atoms with van der Waals surface area (Å²) >= 11 is 0. The molecule has 194 valence electrons. The Hall–Kier alpha value is -3.42. The molecule has 12 heteroatoms. The lowest BCUT2D eigenvalue weighted by atomic mass is 9.77. The van der Waals surface area contributed by atoms with E-state index in [2.05, 4.69) is 20.0 Å². The number of nitrogens with zero attached hydrogens (tertiary/aromatic N) is 4. The van der Waals surface area contributed by atoms with E-state index in [4.69, 9.17) is 0 Å². The minimum Gasteiger partial charge on any atom is -0.393 e. The zero-order valence-corrected chi connectivity index (χ0v) is 20.5. The summed E-state index contributed by atoms with van der Waals surface area (Å²) in [5, 5.41) is 42.0. The van der Waals surface area contributed by atoms with Gasteiger partial charge in [0.2, 0.25) is 35.6 Å². The number of aliphatic imine (C=N–C) groups is 4. The summed E-state index contributed by atoms with van der Waals surface area (Å²) in [6.45, 7) is 5.23. The number of aliphatic hydroxyl groups excluding tert-OH is 2. The molecule has 4 atom stereocenters. The van der Waals surface area contributed by atoms with Crippen LogP contribution < -0.4 is 0 Å². The average Bonchev–Trinajstić information content (AvgIpc) is 2.73. The van der Waals surface area contributed by atoms with Crippen molar-refractivity contribution < 1.29 is 39.6 Å². The molecule has 0 aliphatic carbocycles. The number of benzene rings is 1. The largest absolute Gasteiger partial charge is 0.393 e. The summed E-state index contributed by atoms with van der Waals surface area (Å²) < 4.78 is 0. The summed E-state index contributed by atoms with van der Waals surface area (Å²) in [7, 11) is 0. The Balaban J connectivity index is 3.82. The van der Waals surface area contributed by atoms with Crippen LogP contribution in [0.15, 0.2) is 44.2 Å². The van der Waals surface area contributed by atoms with E-state index in [-0.39, 0.29) is 12.8 Å². The quantitative estimate of drug-likeness (QED) is 0.209. The topological polar surface area (TPSA) is 199 Å². The van der Waals surface area contributed by atoms with E-state index in [0.29, 0.717) is 11.1 Å². The van der Waals surface area contributed by atoms with Crippen molar-refractivity contribution in [2.75, 3.05) is 0 Å². The van der Waals surface area contributed by atoms with Gasteiger partial charge in [0.1, 0.15) is 11.2 Å². The molecule has 36 heavy (non-hydrogen) atoms. The Kier molecular flexibility index (Phi) is 10.6. The molecule has 0 saturated heterocycles. The second kappa shape index (κ2) is 12.5. The fourth-order valence-electron chi connectivity index (χ4n) is 4.28. The third kappa shape index (κ3) is 7.06. The maximum atomic E-state index is 11.3. The van der Waals surface area contributed by atoms with Gasteiger partial charge in [-0.05, 0) is 38.8 Å². The van der Waals surface area contributed by atoms with Crippen LogP contribution in [-0.4, -0.2) is 79.5 Å². The maximum absolute atomic E-state index is 11.3. The van der Waals surface area contributed by atoms with E-state index in [1.165, 1.54) is 64.1 Å². The molecule has 12 nitrogen and oxygen atoms in total. The number of hydrogen-bond donors (Lipinski definition) is 4. The zero-order valence-electron chi connectivity index (χ0n) is 20.5. The molecule has 0 aliphatic heterocycles. The van der Waals surface area contributed by atoms with Gasteiger partial charge in [-0.15, -0.1) is 0 Å². The third-order valence-corrected chi connectivity index (χ3v) is 6.03. The molecule has 0 fully saturated rings. The molecular weight excluding hydrogens is 472 g/mol. The molecular formula is C24H30N4O8. The van der Waals surface area contributed by atoms with Crippen molar-refractivity contribution in [3.05, 3.63) is 35.4 Å². The molecule has 0 saturated carbocycles. The van der Waals surface area contributed by atoms with Crippen LogP contribution in [0.5, 0.6) is 0 Å². The third-order valence-electron chi connectivity index (χ3n) is 6.03. The summed E-state index contributed by atoms with van der Waals surface area (Å²) in [6, 6.07) is 6.24. The Labute approximate surface area is 207 Å². The van der Waals surface area contributed by atoms with Crippen LogP contribution in [0.2, 0.25) is 0 Å². The highest BCUT2D eigenvalue weighted by Gasteiger charge is 2.51. The number of aliphatic hydroxyl groups is 4.